The van der Waals surface area contributed by atoms with Crippen LogP contribution in [0.15, 0.2) is 18.5 Å². The summed E-state index contributed by atoms with van der Waals surface area (Å²) in [7, 11) is 0. The van der Waals surface area contributed by atoms with Gasteiger partial charge in [0.1, 0.15) is 11.8 Å². The average Bonchev–Trinajstić information content (AvgIpc) is 3.27. The number of nitrogens with one attached hydrogen (secondary N) is 3. The molecular formula is C21H27F3N6O4. The molecule has 6 N–H and O–H groups in total. The molecule has 1 saturated heterocycles. The summed E-state index contributed by atoms with van der Waals surface area (Å²) in [5, 5.41) is 23.1. The van der Waals surface area contributed by atoms with E-state index in [1.54, 1.807) is 0 Å². The van der Waals surface area contributed by atoms with Crippen LogP contribution in [-0.2, 0) is 14.4 Å². The molecule has 0 spiro atoms. The van der Waals surface area contributed by atoms with Gasteiger partial charge in [0.15, 0.2) is 5.60 Å². The number of carbonyl (C=O) groups excluding carboxylic acids is 3. The minimum absolute atomic E-state index is 0.117. The van der Waals surface area contributed by atoms with Gasteiger partial charge in [0.25, 0.3) is 5.91 Å². The molecule has 1 aromatic rings. The van der Waals surface area contributed by atoms with Gasteiger partial charge in [-0.2, -0.15) is 13.2 Å². The van der Waals surface area contributed by atoms with Crippen LogP contribution < -0.4 is 16.4 Å². The van der Waals surface area contributed by atoms with Gasteiger partial charge < -0.3 is 26.4 Å². The molecular weight excluding hydrogens is 457 g/mol. The molecule has 3 atom stereocenters. The predicted molar refractivity (Wildman–Crippen MR) is 115 cm³/mol. The normalized spacial score (nSPS) is 25.0. The number of likely N-dealkylation sites (tertiary alicyclic amines) is 1. The first kappa shape index (κ1) is 25.4. The Morgan fingerprint density at radius 2 is 2.03 bits per heavy atom. The third-order valence-corrected chi connectivity index (χ3v) is 6.24. The maximum absolute atomic E-state index is 13.2. The van der Waals surface area contributed by atoms with E-state index < -0.39 is 60.1 Å². The number of nitrogens with zero attached hydrogens (tertiary/aromatic N) is 2. The van der Waals surface area contributed by atoms with Crippen molar-refractivity contribution in [1.82, 2.24) is 15.2 Å². The summed E-state index contributed by atoms with van der Waals surface area (Å²) in [6.07, 6.45) is -1.79. The SMILES string of the molecule is N=C(C(N)=O)c1ccncc1NCC(=O)N1CCC[C@H]1C(=O)NC1CCCC(O)(C(F)(F)F)C1. The molecule has 0 bridgehead atoms. The van der Waals surface area contributed by atoms with E-state index in [0.29, 0.717) is 25.8 Å². The molecule has 2 aliphatic rings. The molecule has 0 aromatic carbocycles. The zero-order chi connectivity index (χ0) is 25.1. The number of hydrogen-bond donors (Lipinski definition) is 5. The zero-order valence-electron chi connectivity index (χ0n) is 18.3. The highest BCUT2D eigenvalue weighted by atomic mass is 19.4. The van der Waals surface area contributed by atoms with Crippen LogP contribution in [-0.4, -0.2) is 75.4 Å². The topological polar surface area (TPSA) is 162 Å². The number of halogens is 3. The van der Waals surface area contributed by atoms with E-state index in [4.69, 9.17) is 11.1 Å². The highest BCUT2D eigenvalue weighted by Gasteiger charge is 2.55. The third kappa shape index (κ3) is 5.46. The lowest BCUT2D eigenvalue weighted by Crippen LogP contribution is -2.56. The number of pyridine rings is 1. The first-order valence-electron chi connectivity index (χ1n) is 10.9. The van der Waals surface area contributed by atoms with Crippen LogP contribution in [0.1, 0.15) is 44.1 Å². The van der Waals surface area contributed by atoms with Gasteiger partial charge in [0.2, 0.25) is 11.8 Å². The molecule has 1 aromatic heterocycles. The lowest BCUT2D eigenvalue weighted by atomic mass is 9.81. The monoisotopic (exact) mass is 484 g/mol. The zero-order valence-corrected chi connectivity index (χ0v) is 18.3. The van der Waals surface area contributed by atoms with Crippen molar-refractivity contribution in [3.63, 3.8) is 0 Å². The molecule has 186 valence electrons. The summed E-state index contributed by atoms with van der Waals surface area (Å²) in [5.74, 6) is -1.94. The van der Waals surface area contributed by atoms with Crippen molar-refractivity contribution in [3.8, 4) is 0 Å². The Balaban J connectivity index is 1.61. The van der Waals surface area contributed by atoms with E-state index in [0.717, 1.165) is 0 Å². The number of nitrogens with two attached hydrogens (primary N) is 1. The lowest BCUT2D eigenvalue weighted by Gasteiger charge is -2.38. The number of anilines is 1. The Hall–Kier alpha value is -3.22. The van der Waals surface area contributed by atoms with Crippen molar-refractivity contribution in [2.75, 3.05) is 18.4 Å². The quantitative estimate of drug-likeness (QED) is 0.358. The van der Waals surface area contributed by atoms with Crippen LogP contribution >= 0.6 is 0 Å². The summed E-state index contributed by atoms with van der Waals surface area (Å²) in [4.78, 5) is 42.2. The Morgan fingerprint density at radius 1 is 1.29 bits per heavy atom. The molecule has 1 aliphatic carbocycles. The predicted octanol–water partition coefficient (Wildman–Crippen LogP) is 0.690. The molecule has 10 nitrogen and oxygen atoms in total. The van der Waals surface area contributed by atoms with Crippen molar-refractivity contribution in [1.29, 1.82) is 5.41 Å². The van der Waals surface area contributed by atoms with Gasteiger partial charge in [0, 0.05) is 30.8 Å². The molecule has 13 heteroatoms. The number of alkyl halides is 3. The maximum atomic E-state index is 13.2. The number of primary amides is 1. The first-order valence-corrected chi connectivity index (χ1v) is 10.9. The Morgan fingerprint density at radius 3 is 2.71 bits per heavy atom. The number of carbonyl (C=O) groups is 3. The molecule has 1 aliphatic heterocycles. The van der Waals surface area contributed by atoms with Gasteiger partial charge >= 0.3 is 6.18 Å². The molecule has 3 rings (SSSR count). The summed E-state index contributed by atoms with van der Waals surface area (Å²) in [6.45, 7) is 0.0402. The molecule has 1 saturated carbocycles. The Bertz CT molecular complexity index is 972. The van der Waals surface area contributed by atoms with Gasteiger partial charge in [-0.05, 0) is 38.2 Å². The Kier molecular flexibility index (Phi) is 7.44. The minimum Gasteiger partial charge on any atom is -0.380 e. The van der Waals surface area contributed by atoms with Gasteiger partial charge in [-0.1, -0.05) is 0 Å². The first-order chi connectivity index (χ1) is 15.9. The second kappa shape index (κ2) is 9.95. The van der Waals surface area contributed by atoms with Crippen molar-refractivity contribution < 1.29 is 32.7 Å². The van der Waals surface area contributed by atoms with Crippen LogP contribution in [0.2, 0.25) is 0 Å². The van der Waals surface area contributed by atoms with Crippen molar-refractivity contribution in [2.24, 2.45) is 5.73 Å². The largest absolute Gasteiger partial charge is 0.417 e. The van der Waals surface area contributed by atoms with Gasteiger partial charge in [-0.3, -0.25) is 24.8 Å². The van der Waals surface area contributed by atoms with Crippen molar-refractivity contribution in [2.45, 2.75) is 62.4 Å². The third-order valence-electron chi connectivity index (χ3n) is 6.24. The average molecular weight is 484 g/mol. The fourth-order valence-corrected chi connectivity index (χ4v) is 4.43. The minimum atomic E-state index is -4.78. The van der Waals surface area contributed by atoms with E-state index in [9.17, 15) is 32.7 Å². The fourth-order valence-electron chi connectivity index (χ4n) is 4.43. The fraction of sp³-hybridized carbons (Fsp3) is 0.571. The molecule has 34 heavy (non-hydrogen) atoms. The number of hydrogen-bond acceptors (Lipinski definition) is 7. The maximum Gasteiger partial charge on any atom is 0.417 e. The van der Waals surface area contributed by atoms with Gasteiger partial charge in [0.05, 0.1) is 18.4 Å². The number of amides is 3. The van der Waals surface area contributed by atoms with E-state index in [-0.39, 0.29) is 24.2 Å². The van der Waals surface area contributed by atoms with Gasteiger partial charge in [-0.15, -0.1) is 0 Å². The van der Waals surface area contributed by atoms with Crippen LogP contribution in [0.25, 0.3) is 0 Å². The summed E-state index contributed by atoms with van der Waals surface area (Å²) >= 11 is 0. The smallest absolute Gasteiger partial charge is 0.380 e. The molecule has 0 radical (unpaired) electrons. The van der Waals surface area contributed by atoms with Gasteiger partial charge in [-0.25, -0.2) is 0 Å². The van der Waals surface area contributed by atoms with Crippen LogP contribution in [0.5, 0.6) is 0 Å². The highest BCUT2D eigenvalue weighted by molar-refractivity contribution is 6.44. The Labute approximate surface area is 193 Å². The van der Waals surface area contributed by atoms with Crippen LogP contribution in [0.4, 0.5) is 18.9 Å². The number of aliphatic hydroxyl groups is 1. The summed E-state index contributed by atoms with van der Waals surface area (Å²) in [5.41, 5.74) is 2.27. The molecule has 3 amide bonds. The van der Waals surface area contributed by atoms with Crippen LogP contribution in [0, 0.1) is 5.41 Å². The van der Waals surface area contributed by atoms with Crippen molar-refractivity contribution >= 4 is 29.1 Å². The molecule has 2 unspecified atom stereocenters. The number of rotatable bonds is 7. The second-order valence-electron chi connectivity index (χ2n) is 8.59. The van der Waals surface area contributed by atoms with E-state index in [1.807, 2.05) is 0 Å². The summed E-state index contributed by atoms with van der Waals surface area (Å²) < 4.78 is 39.6. The van der Waals surface area contributed by atoms with Crippen LogP contribution in [0.3, 0.4) is 0 Å². The molecule has 2 fully saturated rings. The highest BCUT2D eigenvalue weighted by Crippen LogP contribution is 2.41. The summed E-state index contributed by atoms with van der Waals surface area (Å²) in [6, 6.07) is -0.285. The number of aromatic nitrogens is 1. The van der Waals surface area contributed by atoms with Crippen molar-refractivity contribution in [3.05, 3.63) is 24.0 Å². The standard InChI is InChI=1S/C21H27F3N6O4/c22-21(23,24)20(34)6-1-3-12(9-20)29-19(33)15-4-2-8-30(15)16(31)11-28-14-10-27-7-5-13(14)17(25)18(26)32/h5,7,10,12,15,25,28,34H,1-4,6,8-9,11H2,(H2,26,32)(H,29,33)/t12?,15-,20?/m0/s1. The van der Waals surface area contributed by atoms with E-state index in [2.05, 4.69) is 15.6 Å². The van der Waals surface area contributed by atoms with E-state index >= 15 is 0 Å². The van der Waals surface area contributed by atoms with E-state index in [1.165, 1.54) is 23.4 Å². The lowest BCUT2D eigenvalue weighted by molar-refractivity contribution is -0.271. The second-order valence-corrected chi connectivity index (χ2v) is 8.59. The molecule has 2 heterocycles.